The molecule has 0 aromatic rings. The fraction of sp³-hybridized carbons (Fsp3) is 1.00. The highest BCUT2D eigenvalue weighted by Crippen LogP contribution is 2.67. The van der Waals surface area contributed by atoms with E-state index in [2.05, 4.69) is 41.5 Å². The fourth-order valence-corrected chi connectivity index (χ4v) is 9.48. The average molecular weight is 417 g/mol. The molecule has 1 unspecified atom stereocenters. The number of rotatable bonds is 5. The van der Waals surface area contributed by atoms with Crippen LogP contribution >= 0.6 is 0 Å². The van der Waals surface area contributed by atoms with E-state index in [1.54, 1.807) is 0 Å². The van der Waals surface area contributed by atoms with Crippen LogP contribution in [0.4, 0.5) is 0 Å². The van der Waals surface area contributed by atoms with E-state index in [0.29, 0.717) is 10.8 Å². The van der Waals surface area contributed by atoms with Gasteiger partial charge in [-0.2, -0.15) is 0 Å². The second kappa shape index (κ2) is 8.72. The smallest absolute Gasteiger partial charge is 0.0543 e. The number of hydrogen-bond donors (Lipinski definition) is 1. The lowest BCUT2D eigenvalue weighted by molar-refractivity contribution is -0.0879. The Balaban J connectivity index is 1.49. The van der Waals surface area contributed by atoms with Gasteiger partial charge in [0, 0.05) is 0 Å². The monoisotopic (exact) mass is 416 g/mol. The van der Waals surface area contributed by atoms with Crippen LogP contribution in [0.15, 0.2) is 0 Å². The molecule has 0 amide bonds. The van der Waals surface area contributed by atoms with Gasteiger partial charge in [-0.25, -0.2) is 0 Å². The highest BCUT2D eigenvalue weighted by Gasteiger charge is 2.59. The third kappa shape index (κ3) is 3.92. The van der Waals surface area contributed by atoms with Crippen molar-refractivity contribution < 1.29 is 5.11 Å². The molecular weight excluding hydrogens is 364 g/mol. The quantitative estimate of drug-likeness (QED) is 0.480. The van der Waals surface area contributed by atoms with E-state index in [1.807, 2.05) is 0 Å². The van der Waals surface area contributed by atoms with Gasteiger partial charge in [-0.1, -0.05) is 60.8 Å². The molecule has 30 heavy (non-hydrogen) atoms. The van der Waals surface area contributed by atoms with E-state index in [0.717, 1.165) is 60.2 Å². The molecule has 0 radical (unpaired) electrons. The van der Waals surface area contributed by atoms with Gasteiger partial charge >= 0.3 is 0 Å². The second-order valence-electron chi connectivity index (χ2n) is 13.4. The molecule has 4 saturated carbocycles. The van der Waals surface area contributed by atoms with Crippen molar-refractivity contribution in [2.45, 2.75) is 125 Å². The molecule has 0 saturated heterocycles. The van der Waals surface area contributed by atoms with E-state index in [-0.39, 0.29) is 6.10 Å². The highest BCUT2D eigenvalue weighted by molar-refractivity contribution is 5.08. The molecule has 174 valence electrons. The Kier molecular flexibility index (Phi) is 6.72. The Labute approximate surface area is 188 Å². The molecular formula is C29H52O. The standard InChI is InChI=1S/C29H52O/c1-19(2)20(3)10-11-21(4)25-12-13-26-24-9-7-8-22-18-23(30)14-16-28(22,5)27(24)15-17-29(25,26)6/h19-27,30H,7-18H2,1-6H3/t20-,21-,22?,23+,24-,25-,26+,27+,28+,29-/m1/s1. The molecule has 1 N–H and O–H groups in total. The first kappa shape index (κ1) is 23.1. The lowest BCUT2D eigenvalue weighted by Crippen LogP contribution is -2.50. The van der Waals surface area contributed by atoms with Gasteiger partial charge in [0.1, 0.15) is 0 Å². The van der Waals surface area contributed by atoms with Crippen LogP contribution in [0.1, 0.15) is 119 Å². The maximum atomic E-state index is 10.4. The van der Waals surface area contributed by atoms with Crippen LogP contribution in [-0.4, -0.2) is 11.2 Å². The van der Waals surface area contributed by atoms with Gasteiger partial charge < -0.3 is 5.11 Å². The maximum absolute atomic E-state index is 10.4. The van der Waals surface area contributed by atoms with Crippen molar-refractivity contribution >= 4 is 0 Å². The lowest BCUT2D eigenvalue weighted by Gasteiger charge is -2.56. The minimum atomic E-state index is -0.0153. The highest BCUT2D eigenvalue weighted by atomic mass is 16.3. The summed E-state index contributed by atoms with van der Waals surface area (Å²) in [6, 6.07) is 0. The third-order valence-electron chi connectivity index (χ3n) is 11.9. The van der Waals surface area contributed by atoms with Crippen LogP contribution in [0.3, 0.4) is 0 Å². The minimum Gasteiger partial charge on any atom is -0.393 e. The normalized spacial score (nSPS) is 48.4. The Morgan fingerprint density at radius 1 is 0.800 bits per heavy atom. The topological polar surface area (TPSA) is 20.2 Å². The number of aliphatic hydroxyl groups excluding tert-OH is 1. The van der Waals surface area contributed by atoms with Crippen LogP contribution in [0.5, 0.6) is 0 Å². The van der Waals surface area contributed by atoms with Crippen LogP contribution in [0.2, 0.25) is 0 Å². The average Bonchev–Trinajstić information content (AvgIpc) is 2.98. The predicted octanol–water partition coefficient (Wildman–Crippen LogP) is 8.10. The first-order valence-electron chi connectivity index (χ1n) is 13.8. The van der Waals surface area contributed by atoms with E-state index in [9.17, 15) is 5.11 Å². The molecule has 0 aliphatic heterocycles. The van der Waals surface area contributed by atoms with Gasteiger partial charge in [-0.05, 0) is 116 Å². The first-order chi connectivity index (χ1) is 14.2. The summed E-state index contributed by atoms with van der Waals surface area (Å²) in [6.07, 6.45) is 16.6. The number of aliphatic hydroxyl groups is 1. The van der Waals surface area contributed by atoms with E-state index in [4.69, 9.17) is 0 Å². The molecule has 0 aromatic carbocycles. The van der Waals surface area contributed by atoms with Crippen molar-refractivity contribution in [3.8, 4) is 0 Å². The van der Waals surface area contributed by atoms with Gasteiger partial charge in [0.05, 0.1) is 6.10 Å². The number of hydrogen-bond acceptors (Lipinski definition) is 1. The van der Waals surface area contributed by atoms with E-state index in [1.165, 1.54) is 64.2 Å². The van der Waals surface area contributed by atoms with Crippen molar-refractivity contribution in [2.24, 2.45) is 58.2 Å². The van der Waals surface area contributed by atoms with Crippen molar-refractivity contribution in [1.29, 1.82) is 0 Å². The summed E-state index contributed by atoms with van der Waals surface area (Å²) in [4.78, 5) is 0. The van der Waals surface area contributed by atoms with Gasteiger partial charge in [-0.3, -0.25) is 0 Å². The molecule has 0 aromatic heterocycles. The van der Waals surface area contributed by atoms with Crippen LogP contribution in [-0.2, 0) is 0 Å². The largest absolute Gasteiger partial charge is 0.393 e. The molecule has 0 bridgehead atoms. The van der Waals surface area contributed by atoms with Gasteiger partial charge in [-0.15, -0.1) is 0 Å². The molecule has 0 spiro atoms. The Hall–Kier alpha value is -0.0400. The third-order valence-corrected chi connectivity index (χ3v) is 11.9. The summed E-state index contributed by atoms with van der Waals surface area (Å²) < 4.78 is 0. The van der Waals surface area contributed by atoms with Crippen molar-refractivity contribution in [2.75, 3.05) is 0 Å². The summed E-state index contributed by atoms with van der Waals surface area (Å²) >= 11 is 0. The zero-order valence-electron chi connectivity index (χ0n) is 21.1. The van der Waals surface area contributed by atoms with Crippen LogP contribution < -0.4 is 0 Å². The Morgan fingerprint density at radius 3 is 2.23 bits per heavy atom. The lowest BCUT2D eigenvalue weighted by atomic mass is 9.48. The first-order valence-corrected chi connectivity index (χ1v) is 13.8. The fourth-order valence-electron chi connectivity index (χ4n) is 9.48. The van der Waals surface area contributed by atoms with E-state index < -0.39 is 0 Å². The summed E-state index contributed by atoms with van der Waals surface area (Å²) in [6.45, 7) is 15.2. The van der Waals surface area contributed by atoms with Crippen LogP contribution in [0, 0.1) is 58.2 Å². The summed E-state index contributed by atoms with van der Waals surface area (Å²) in [5.74, 6) is 7.23. The van der Waals surface area contributed by atoms with Crippen molar-refractivity contribution in [1.82, 2.24) is 0 Å². The van der Waals surface area contributed by atoms with Gasteiger partial charge in [0.25, 0.3) is 0 Å². The Morgan fingerprint density at radius 2 is 1.50 bits per heavy atom. The Bertz CT molecular complexity index is 583. The van der Waals surface area contributed by atoms with Gasteiger partial charge in [0.2, 0.25) is 0 Å². The molecule has 1 heteroatoms. The summed E-state index contributed by atoms with van der Waals surface area (Å²) in [7, 11) is 0. The zero-order chi connectivity index (χ0) is 21.7. The molecule has 4 aliphatic carbocycles. The molecule has 4 rings (SSSR count). The second-order valence-corrected chi connectivity index (χ2v) is 13.4. The zero-order valence-corrected chi connectivity index (χ0v) is 21.1. The van der Waals surface area contributed by atoms with Crippen molar-refractivity contribution in [3.63, 3.8) is 0 Å². The number of fused-ring (bicyclic) bond motifs is 5. The molecule has 4 aliphatic rings. The van der Waals surface area contributed by atoms with E-state index >= 15 is 0 Å². The SMILES string of the molecule is CC(C)[C@H](C)CC[C@@H](C)[C@H]1CC[C@H]2[C@H]3CCCC4C[C@@H](O)CC[C@]4(C)[C@H]3CC[C@]12C. The van der Waals surface area contributed by atoms with Crippen molar-refractivity contribution in [3.05, 3.63) is 0 Å². The van der Waals surface area contributed by atoms with Gasteiger partial charge in [0.15, 0.2) is 0 Å². The summed E-state index contributed by atoms with van der Waals surface area (Å²) in [5.41, 5.74) is 1.12. The maximum Gasteiger partial charge on any atom is 0.0543 e. The van der Waals surface area contributed by atoms with Crippen LogP contribution in [0.25, 0.3) is 0 Å². The molecule has 10 atom stereocenters. The molecule has 4 fully saturated rings. The minimum absolute atomic E-state index is 0.0153. The summed E-state index contributed by atoms with van der Waals surface area (Å²) in [5, 5.41) is 10.4. The molecule has 1 nitrogen and oxygen atoms in total. The predicted molar refractivity (Wildman–Crippen MR) is 128 cm³/mol. The molecule has 0 heterocycles.